The SMILES string of the molecule is COc1cc(-c2cc(C(=O)N3CCC(C(=O)NCc4ccc5ncoc5c4)CC3)n[nH]2)c(F)cn1. The highest BCUT2D eigenvalue weighted by atomic mass is 19.1. The van der Waals surface area contributed by atoms with Crippen LogP contribution in [-0.4, -0.2) is 57.1 Å². The molecule has 1 aliphatic rings. The number of likely N-dealkylation sites (tertiary alicyclic amines) is 1. The predicted octanol–water partition coefficient (Wildman–Crippen LogP) is 2.93. The maximum Gasteiger partial charge on any atom is 0.274 e. The van der Waals surface area contributed by atoms with Crippen LogP contribution < -0.4 is 10.1 Å². The fourth-order valence-electron chi connectivity index (χ4n) is 4.16. The number of pyridine rings is 1. The van der Waals surface area contributed by atoms with Gasteiger partial charge in [0.2, 0.25) is 11.8 Å². The molecule has 0 aliphatic carbocycles. The Morgan fingerprint density at radius 3 is 2.86 bits per heavy atom. The second-order valence-corrected chi connectivity index (χ2v) is 8.31. The zero-order chi connectivity index (χ0) is 24.4. The molecule has 4 heterocycles. The molecule has 0 atom stereocenters. The van der Waals surface area contributed by atoms with E-state index in [0.29, 0.717) is 43.8 Å². The van der Waals surface area contributed by atoms with Crippen LogP contribution in [0.1, 0.15) is 28.9 Å². The Kier molecular flexibility index (Phi) is 6.13. The van der Waals surface area contributed by atoms with E-state index in [-0.39, 0.29) is 34.9 Å². The Labute approximate surface area is 199 Å². The van der Waals surface area contributed by atoms with E-state index in [1.54, 1.807) is 4.90 Å². The van der Waals surface area contributed by atoms with Crippen LogP contribution in [0.2, 0.25) is 0 Å². The number of hydrogen-bond acceptors (Lipinski definition) is 7. The molecule has 1 aromatic carbocycles. The van der Waals surface area contributed by atoms with Gasteiger partial charge >= 0.3 is 0 Å². The first-order valence-corrected chi connectivity index (χ1v) is 11.2. The average molecular weight is 478 g/mol. The minimum Gasteiger partial charge on any atom is -0.481 e. The lowest BCUT2D eigenvalue weighted by Crippen LogP contribution is -2.43. The molecule has 3 aromatic heterocycles. The molecule has 180 valence electrons. The summed E-state index contributed by atoms with van der Waals surface area (Å²) < 4.78 is 24.5. The van der Waals surface area contributed by atoms with Crippen molar-refractivity contribution in [2.24, 2.45) is 5.92 Å². The molecule has 1 aliphatic heterocycles. The molecule has 1 saturated heterocycles. The number of oxazole rings is 1. The number of amides is 2. The number of aromatic nitrogens is 4. The lowest BCUT2D eigenvalue weighted by atomic mass is 9.95. The number of ether oxygens (including phenoxy) is 1. The van der Waals surface area contributed by atoms with E-state index in [1.165, 1.54) is 25.6 Å². The molecule has 0 radical (unpaired) electrons. The van der Waals surface area contributed by atoms with Crippen LogP contribution in [0.15, 0.2) is 47.3 Å². The van der Waals surface area contributed by atoms with Crippen molar-refractivity contribution in [2.45, 2.75) is 19.4 Å². The van der Waals surface area contributed by atoms with Gasteiger partial charge in [-0.25, -0.2) is 14.4 Å². The number of fused-ring (bicyclic) bond motifs is 1. The summed E-state index contributed by atoms with van der Waals surface area (Å²) in [5.41, 5.74) is 3.11. The van der Waals surface area contributed by atoms with Gasteiger partial charge < -0.3 is 19.4 Å². The van der Waals surface area contributed by atoms with Crippen molar-refractivity contribution in [3.63, 3.8) is 0 Å². The normalized spacial score (nSPS) is 14.3. The van der Waals surface area contributed by atoms with E-state index < -0.39 is 5.82 Å². The van der Waals surface area contributed by atoms with Gasteiger partial charge in [0.05, 0.1) is 19.0 Å². The van der Waals surface area contributed by atoms with Gasteiger partial charge in [0.1, 0.15) is 5.52 Å². The van der Waals surface area contributed by atoms with Gasteiger partial charge in [0, 0.05) is 37.2 Å². The number of benzene rings is 1. The largest absolute Gasteiger partial charge is 0.481 e. The average Bonchev–Trinajstić information content (AvgIpc) is 3.57. The van der Waals surface area contributed by atoms with E-state index in [2.05, 4.69) is 25.5 Å². The van der Waals surface area contributed by atoms with Gasteiger partial charge in [-0.05, 0) is 36.6 Å². The molecular weight excluding hydrogens is 455 g/mol. The van der Waals surface area contributed by atoms with Crippen LogP contribution in [-0.2, 0) is 11.3 Å². The quantitative estimate of drug-likeness (QED) is 0.436. The maximum absolute atomic E-state index is 14.2. The monoisotopic (exact) mass is 478 g/mol. The highest BCUT2D eigenvalue weighted by Gasteiger charge is 2.29. The summed E-state index contributed by atoms with van der Waals surface area (Å²) >= 11 is 0. The number of aromatic amines is 1. The third-order valence-corrected chi connectivity index (χ3v) is 6.14. The second kappa shape index (κ2) is 9.53. The molecule has 5 rings (SSSR count). The fourth-order valence-corrected chi connectivity index (χ4v) is 4.16. The zero-order valence-corrected chi connectivity index (χ0v) is 19.0. The van der Waals surface area contributed by atoms with Crippen molar-refractivity contribution in [2.75, 3.05) is 20.2 Å². The van der Waals surface area contributed by atoms with Gasteiger partial charge in [-0.2, -0.15) is 5.10 Å². The summed E-state index contributed by atoms with van der Waals surface area (Å²) in [6, 6.07) is 8.55. The maximum atomic E-state index is 14.2. The van der Waals surface area contributed by atoms with Crippen molar-refractivity contribution in [1.29, 1.82) is 0 Å². The van der Waals surface area contributed by atoms with Crippen molar-refractivity contribution < 1.29 is 23.1 Å². The first-order chi connectivity index (χ1) is 17.0. The topological polar surface area (TPSA) is 126 Å². The Morgan fingerprint density at radius 2 is 2.06 bits per heavy atom. The minimum absolute atomic E-state index is 0.0427. The Balaban J connectivity index is 1.16. The molecule has 10 nitrogen and oxygen atoms in total. The van der Waals surface area contributed by atoms with Crippen LogP contribution in [0.5, 0.6) is 5.88 Å². The summed E-state index contributed by atoms with van der Waals surface area (Å²) in [4.78, 5) is 35.1. The summed E-state index contributed by atoms with van der Waals surface area (Å²) in [5, 5.41) is 9.74. The minimum atomic E-state index is -0.555. The molecule has 4 aromatic rings. The third-order valence-electron chi connectivity index (χ3n) is 6.14. The van der Waals surface area contributed by atoms with E-state index >= 15 is 0 Å². The molecule has 0 bridgehead atoms. The number of nitrogens with zero attached hydrogens (tertiary/aromatic N) is 4. The molecule has 2 N–H and O–H groups in total. The number of methoxy groups -OCH3 is 1. The Hall–Kier alpha value is -4.28. The summed E-state index contributed by atoms with van der Waals surface area (Å²) in [6.45, 7) is 1.25. The smallest absolute Gasteiger partial charge is 0.274 e. The van der Waals surface area contributed by atoms with E-state index in [9.17, 15) is 14.0 Å². The molecule has 11 heteroatoms. The number of rotatable bonds is 6. The van der Waals surface area contributed by atoms with Gasteiger partial charge in [-0.1, -0.05) is 6.07 Å². The lowest BCUT2D eigenvalue weighted by molar-refractivity contribution is -0.126. The van der Waals surface area contributed by atoms with E-state index in [0.717, 1.165) is 17.3 Å². The zero-order valence-electron chi connectivity index (χ0n) is 19.0. The van der Waals surface area contributed by atoms with Crippen LogP contribution in [0.3, 0.4) is 0 Å². The molecule has 0 unspecified atom stereocenters. The summed E-state index contributed by atoms with van der Waals surface area (Å²) in [6.07, 6.45) is 3.54. The van der Waals surface area contributed by atoms with E-state index in [1.807, 2.05) is 18.2 Å². The number of nitrogens with one attached hydrogen (secondary N) is 2. The highest BCUT2D eigenvalue weighted by molar-refractivity contribution is 5.93. The number of hydrogen-bond donors (Lipinski definition) is 2. The molecule has 2 amide bonds. The first kappa shape index (κ1) is 22.5. The van der Waals surface area contributed by atoms with Crippen molar-refractivity contribution >= 4 is 22.9 Å². The standard InChI is InChI=1S/C24H23FN6O4/c1-34-22-9-16(17(25)12-26-22)19-10-20(30-29-19)24(33)31-6-4-15(5-7-31)23(32)27-11-14-2-3-18-21(8-14)35-13-28-18/h2-3,8-10,12-13,15H,4-7,11H2,1H3,(H,27,32)(H,29,30). The lowest BCUT2D eigenvalue weighted by Gasteiger charge is -2.30. The second-order valence-electron chi connectivity index (χ2n) is 8.31. The summed E-state index contributed by atoms with van der Waals surface area (Å²) in [5.74, 6) is -0.794. The van der Waals surface area contributed by atoms with Gasteiger partial charge in [-0.3, -0.25) is 14.7 Å². The van der Waals surface area contributed by atoms with E-state index in [4.69, 9.17) is 9.15 Å². The van der Waals surface area contributed by atoms with Crippen molar-refractivity contribution in [3.8, 4) is 17.1 Å². The Morgan fingerprint density at radius 1 is 1.23 bits per heavy atom. The predicted molar refractivity (Wildman–Crippen MR) is 123 cm³/mol. The van der Waals surface area contributed by atoms with Crippen LogP contribution in [0, 0.1) is 11.7 Å². The Bertz CT molecular complexity index is 1380. The van der Waals surface area contributed by atoms with Gasteiger partial charge in [0.15, 0.2) is 23.5 Å². The fraction of sp³-hybridized carbons (Fsp3) is 0.292. The molecule has 1 fully saturated rings. The molecular formula is C24H23FN6O4. The highest BCUT2D eigenvalue weighted by Crippen LogP contribution is 2.25. The number of halogens is 1. The summed E-state index contributed by atoms with van der Waals surface area (Å²) in [7, 11) is 1.44. The number of carbonyl (C=O) groups is 2. The van der Waals surface area contributed by atoms with Crippen molar-refractivity contribution in [3.05, 3.63) is 60.0 Å². The molecule has 0 spiro atoms. The van der Waals surface area contributed by atoms with Crippen molar-refractivity contribution in [1.82, 2.24) is 30.4 Å². The van der Waals surface area contributed by atoms with Crippen LogP contribution >= 0.6 is 0 Å². The van der Waals surface area contributed by atoms with Crippen LogP contribution in [0.4, 0.5) is 4.39 Å². The van der Waals surface area contributed by atoms with Gasteiger partial charge in [-0.15, -0.1) is 0 Å². The number of carbonyl (C=O) groups excluding carboxylic acids is 2. The molecule has 0 saturated carbocycles. The number of H-pyrrole nitrogens is 1. The van der Waals surface area contributed by atoms with Gasteiger partial charge in [0.25, 0.3) is 5.91 Å². The van der Waals surface area contributed by atoms with Crippen LogP contribution in [0.25, 0.3) is 22.4 Å². The third kappa shape index (κ3) is 4.70. The number of piperidine rings is 1. The molecule has 35 heavy (non-hydrogen) atoms. The first-order valence-electron chi connectivity index (χ1n) is 11.2.